The summed E-state index contributed by atoms with van der Waals surface area (Å²) >= 11 is 3.59. The van der Waals surface area contributed by atoms with E-state index in [0.717, 1.165) is 31.8 Å². The molecule has 0 aliphatic carbocycles. The molecule has 1 aliphatic rings. The van der Waals surface area contributed by atoms with Crippen molar-refractivity contribution in [3.8, 4) is 0 Å². The molecule has 1 aromatic rings. The lowest BCUT2D eigenvalue weighted by molar-refractivity contribution is -0.137. The molecule has 100 valence electrons. The SMILES string of the molecule is CC1CCN(c2ccc(C(F)(F)F)cn2)CC1Br. The lowest BCUT2D eigenvalue weighted by Crippen LogP contribution is -2.40. The van der Waals surface area contributed by atoms with E-state index in [9.17, 15) is 13.2 Å². The van der Waals surface area contributed by atoms with Crippen LogP contribution in [0.1, 0.15) is 18.9 Å². The number of anilines is 1. The molecule has 2 atom stereocenters. The van der Waals surface area contributed by atoms with Gasteiger partial charge in [-0.1, -0.05) is 22.9 Å². The van der Waals surface area contributed by atoms with E-state index in [1.807, 2.05) is 4.90 Å². The first-order chi connectivity index (χ1) is 8.38. The number of aromatic nitrogens is 1. The highest BCUT2D eigenvalue weighted by molar-refractivity contribution is 9.09. The van der Waals surface area contributed by atoms with Gasteiger partial charge in [0.2, 0.25) is 0 Å². The van der Waals surface area contributed by atoms with Crippen LogP contribution in [0, 0.1) is 5.92 Å². The Morgan fingerprint density at radius 2 is 2.11 bits per heavy atom. The van der Waals surface area contributed by atoms with Gasteiger partial charge in [-0.25, -0.2) is 4.98 Å². The van der Waals surface area contributed by atoms with Gasteiger partial charge in [0.25, 0.3) is 0 Å². The van der Waals surface area contributed by atoms with Crippen LogP contribution in [0.2, 0.25) is 0 Å². The van der Waals surface area contributed by atoms with Crippen molar-refractivity contribution in [3.05, 3.63) is 23.9 Å². The molecule has 1 saturated heterocycles. The fourth-order valence-corrected chi connectivity index (χ4v) is 2.58. The minimum Gasteiger partial charge on any atom is -0.355 e. The predicted molar refractivity (Wildman–Crippen MR) is 67.9 cm³/mol. The van der Waals surface area contributed by atoms with Crippen LogP contribution >= 0.6 is 15.9 Å². The molecule has 1 aromatic heterocycles. The molecule has 0 amide bonds. The van der Waals surface area contributed by atoms with Crippen LogP contribution in [-0.4, -0.2) is 22.9 Å². The summed E-state index contributed by atoms with van der Waals surface area (Å²) in [5.41, 5.74) is -0.702. The Labute approximate surface area is 112 Å². The second-order valence-corrected chi connectivity index (χ2v) is 5.81. The first-order valence-corrected chi connectivity index (χ1v) is 6.72. The molecule has 18 heavy (non-hydrogen) atoms. The summed E-state index contributed by atoms with van der Waals surface area (Å²) in [5.74, 6) is 1.19. The minimum atomic E-state index is -4.32. The van der Waals surface area contributed by atoms with Crippen molar-refractivity contribution >= 4 is 21.7 Å². The zero-order valence-electron chi connectivity index (χ0n) is 9.91. The topological polar surface area (TPSA) is 16.1 Å². The first kappa shape index (κ1) is 13.6. The van der Waals surface area contributed by atoms with Crippen LogP contribution in [0.4, 0.5) is 19.0 Å². The number of rotatable bonds is 1. The number of pyridine rings is 1. The lowest BCUT2D eigenvalue weighted by Gasteiger charge is -2.35. The first-order valence-electron chi connectivity index (χ1n) is 5.80. The Balaban J connectivity index is 2.11. The average Bonchev–Trinajstić information content (AvgIpc) is 2.32. The Bertz CT molecular complexity index is 405. The normalized spacial score (nSPS) is 25.3. The van der Waals surface area contributed by atoms with E-state index < -0.39 is 11.7 Å². The van der Waals surface area contributed by atoms with Crippen molar-refractivity contribution in [1.29, 1.82) is 0 Å². The van der Waals surface area contributed by atoms with Gasteiger partial charge in [0.05, 0.1) is 5.56 Å². The lowest BCUT2D eigenvalue weighted by atomic mass is 9.99. The smallest absolute Gasteiger partial charge is 0.355 e. The van der Waals surface area contributed by atoms with Crippen molar-refractivity contribution in [3.63, 3.8) is 0 Å². The van der Waals surface area contributed by atoms with E-state index in [1.165, 1.54) is 6.07 Å². The van der Waals surface area contributed by atoms with Crippen molar-refractivity contribution in [2.24, 2.45) is 5.92 Å². The molecular formula is C12H14BrF3N2. The van der Waals surface area contributed by atoms with Crippen LogP contribution in [-0.2, 0) is 6.18 Å². The summed E-state index contributed by atoms with van der Waals surface area (Å²) < 4.78 is 37.2. The highest BCUT2D eigenvalue weighted by Crippen LogP contribution is 2.31. The Hall–Kier alpha value is -0.780. The maximum absolute atomic E-state index is 12.4. The van der Waals surface area contributed by atoms with Gasteiger partial charge in [-0.15, -0.1) is 0 Å². The summed E-state index contributed by atoms with van der Waals surface area (Å²) in [6.07, 6.45) is -2.41. The van der Waals surface area contributed by atoms with Gasteiger partial charge < -0.3 is 4.90 Å². The largest absolute Gasteiger partial charge is 0.417 e. The third-order valence-electron chi connectivity index (χ3n) is 3.27. The van der Waals surface area contributed by atoms with Gasteiger partial charge in [-0.3, -0.25) is 0 Å². The molecule has 6 heteroatoms. The molecule has 0 saturated carbocycles. The summed E-state index contributed by atoms with van der Waals surface area (Å²) in [5, 5.41) is 0. The van der Waals surface area contributed by atoms with Gasteiger partial charge in [-0.05, 0) is 24.5 Å². The van der Waals surface area contributed by atoms with Gasteiger partial charge in [0.1, 0.15) is 5.82 Å². The van der Waals surface area contributed by atoms with Crippen LogP contribution in [0.5, 0.6) is 0 Å². The Morgan fingerprint density at radius 3 is 2.61 bits per heavy atom. The van der Waals surface area contributed by atoms with Crippen molar-refractivity contribution < 1.29 is 13.2 Å². The molecule has 0 radical (unpaired) electrons. The third-order valence-corrected chi connectivity index (χ3v) is 4.46. The van der Waals surface area contributed by atoms with E-state index >= 15 is 0 Å². The predicted octanol–water partition coefficient (Wildman–Crippen LogP) is 3.71. The van der Waals surface area contributed by atoms with E-state index in [0.29, 0.717) is 16.6 Å². The molecule has 1 fully saturated rings. The molecule has 2 unspecified atom stereocenters. The molecule has 0 spiro atoms. The standard InChI is InChI=1S/C12H14BrF3N2/c1-8-4-5-18(7-10(8)13)11-3-2-9(6-17-11)12(14,15)16/h2-3,6,8,10H,4-5,7H2,1H3. The maximum Gasteiger partial charge on any atom is 0.417 e. The van der Waals surface area contributed by atoms with E-state index in [-0.39, 0.29) is 0 Å². The monoisotopic (exact) mass is 322 g/mol. The maximum atomic E-state index is 12.4. The highest BCUT2D eigenvalue weighted by Gasteiger charge is 2.31. The molecule has 0 N–H and O–H groups in total. The summed E-state index contributed by atoms with van der Waals surface area (Å²) in [7, 11) is 0. The fraction of sp³-hybridized carbons (Fsp3) is 0.583. The average molecular weight is 323 g/mol. The highest BCUT2D eigenvalue weighted by atomic mass is 79.9. The number of hydrogen-bond donors (Lipinski definition) is 0. The second kappa shape index (κ2) is 5.07. The summed E-state index contributed by atoms with van der Waals surface area (Å²) in [6, 6.07) is 2.53. The zero-order valence-corrected chi connectivity index (χ0v) is 11.5. The van der Waals surface area contributed by atoms with Gasteiger partial charge in [-0.2, -0.15) is 13.2 Å². The van der Waals surface area contributed by atoms with Crippen molar-refractivity contribution in [1.82, 2.24) is 4.98 Å². The summed E-state index contributed by atoms with van der Waals surface area (Å²) in [6.45, 7) is 3.78. The second-order valence-electron chi connectivity index (χ2n) is 4.63. The number of nitrogens with zero attached hydrogens (tertiary/aromatic N) is 2. The third kappa shape index (κ3) is 2.96. The van der Waals surface area contributed by atoms with E-state index in [2.05, 4.69) is 27.8 Å². The number of alkyl halides is 4. The van der Waals surface area contributed by atoms with Gasteiger partial charge in [0.15, 0.2) is 0 Å². The van der Waals surface area contributed by atoms with E-state index in [1.54, 1.807) is 0 Å². The molecule has 0 aromatic carbocycles. The fourth-order valence-electron chi connectivity index (χ4n) is 1.97. The molecule has 2 nitrogen and oxygen atoms in total. The van der Waals surface area contributed by atoms with Crippen LogP contribution < -0.4 is 4.90 Å². The molecule has 2 rings (SSSR count). The van der Waals surface area contributed by atoms with Crippen molar-refractivity contribution in [2.45, 2.75) is 24.3 Å². The van der Waals surface area contributed by atoms with E-state index in [4.69, 9.17) is 0 Å². The van der Waals surface area contributed by atoms with Crippen LogP contribution in [0.3, 0.4) is 0 Å². The van der Waals surface area contributed by atoms with Crippen LogP contribution in [0.25, 0.3) is 0 Å². The molecule has 2 heterocycles. The number of halogens is 4. The van der Waals surface area contributed by atoms with Gasteiger partial charge >= 0.3 is 6.18 Å². The van der Waals surface area contributed by atoms with Gasteiger partial charge in [0, 0.05) is 24.1 Å². The quantitative estimate of drug-likeness (QED) is 0.733. The minimum absolute atomic E-state index is 0.357. The number of piperidine rings is 1. The molecule has 0 bridgehead atoms. The summed E-state index contributed by atoms with van der Waals surface area (Å²) in [4.78, 5) is 6.28. The molecule has 1 aliphatic heterocycles. The zero-order chi connectivity index (χ0) is 13.3. The Kier molecular flexibility index (Phi) is 3.84. The number of hydrogen-bond acceptors (Lipinski definition) is 2. The molecular weight excluding hydrogens is 309 g/mol. The van der Waals surface area contributed by atoms with Crippen molar-refractivity contribution in [2.75, 3.05) is 18.0 Å². The Morgan fingerprint density at radius 1 is 1.39 bits per heavy atom. The van der Waals surface area contributed by atoms with Crippen LogP contribution in [0.15, 0.2) is 18.3 Å².